The predicted octanol–water partition coefficient (Wildman–Crippen LogP) is 3.28. The van der Waals surface area contributed by atoms with Gasteiger partial charge in [-0.25, -0.2) is 8.78 Å². The van der Waals surface area contributed by atoms with Crippen molar-refractivity contribution in [1.29, 1.82) is 0 Å². The van der Waals surface area contributed by atoms with Crippen LogP contribution in [0.3, 0.4) is 0 Å². The van der Waals surface area contributed by atoms with E-state index < -0.39 is 11.6 Å². The van der Waals surface area contributed by atoms with Gasteiger partial charge in [0.2, 0.25) is 0 Å². The molecule has 0 aliphatic carbocycles. The zero-order valence-electron chi connectivity index (χ0n) is 11.3. The van der Waals surface area contributed by atoms with Crippen LogP contribution in [0.4, 0.5) is 8.78 Å². The molecule has 0 saturated carbocycles. The van der Waals surface area contributed by atoms with Gasteiger partial charge < -0.3 is 9.84 Å². The Morgan fingerprint density at radius 1 is 1.10 bits per heavy atom. The van der Waals surface area contributed by atoms with Gasteiger partial charge in [0.1, 0.15) is 24.0 Å². The standard InChI is InChI=1S/C17H14F2O2/c18-15-8-9-16(19)14(11-15)12-21-17-7-2-1-5-13(17)6-3-4-10-20/h1-2,5,7-9,11,20H,4,10,12H2. The molecule has 0 spiro atoms. The maximum atomic E-state index is 13.5. The minimum atomic E-state index is -0.514. The van der Waals surface area contributed by atoms with Gasteiger partial charge in [0.15, 0.2) is 0 Å². The molecule has 0 amide bonds. The van der Waals surface area contributed by atoms with Crippen molar-refractivity contribution in [3.05, 3.63) is 65.2 Å². The fraction of sp³-hybridized carbons (Fsp3) is 0.176. The SMILES string of the molecule is OCCC#Cc1ccccc1OCc1cc(F)ccc1F. The van der Waals surface area contributed by atoms with Gasteiger partial charge in [0.25, 0.3) is 0 Å². The van der Waals surface area contributed by atoms with Gasteiger partial charge in [0, 0.05) is 12.0 Å². The number of halogens is 2. The number of rotatable bonds is 4. The minimum absolute atomic E-state index is 0.00940. The predicted molar refractivity (Wildman–Crippen MR) is 75.7 cm³/mol. The molecule has 0 atom stereocenters. The van der Waals surface area contributed by atoms with E-state index in [9.17, 15) is 8.78 Å². The number of ether oxygens (including phenoxy) is 1. The summed E-state index contributed by atoms with van der Waals surface area (Å²) in [5.41, 5.74) is 0.788. The summed E-state index contributed by atoms with van der Waals surface area (Å²) in [7, 11) is 0. The van der Waals surface area contributed by atoms with Crippen LogP contribution in [0.25, 0.3) is 0 Å². The summed E-state index contributed by atoms with van der Waals surface area (Å²) < 4.78 is 32.1. The number of hydrogen-bond donors (Lipinski definition) is 1. The molecule has 2 rings (SSSR count). The summed E-state index contributed by atoms with van der Waals surface area (Å²) in [4.78, 5) is 0. The lowest BCUT2D eigenvalue weighted by Gasteiger charge is -2.09. The third-order valence-corrected chi connectivity index (χ3v) is 2.74. The number of para-hydroxylation sites is 1. The largest absolute Gasteiger partial charge is 0.487 e. The van der Waals surface area contributed by atoms with E-state index in [0.717, 1.165) is 18.2 Å². The van der Waals surface area contributed by atoms with E-state index in [1.807, 2.05) is 0 Å². The molecule has 4 heteroatoms. The van der Waals surface area contributed by atoms with Gasteiger partial charge in [-0.05, 0) is 30.3 Å². The molecule has 2 aromatic carbocycles. The van der Waals surface area contributed by atoms with Crippen molar-refractivity contribution in [2.75, 3.05) is 6.61 Å². The fourth-order valence-electron chi connectivity index (χ4n) is 1.72. The molecule has 0 bridgehead atoms. The zero-order chi connectivity index (χ0) is 15.1. The lowest BCUT2D eigenvalue weighted by Crippen LogP contribution is -2.00. The van der Waals surface area contributed by atoms with Crippen LogP contribution in [0.1, 0.15) is 17.5 Å². The molecule has 2 nitrogen and oxygen atoms in total. The Morgan fingerprint density at radius 3 is 2.71 bits per heavy atom. The van der Waals surface area contributed by atoms with Crippen LogP contribution in [0.2, 0.25) is 0 Å². The van der Waals surface area contributed by atoms with Crippen molar-refractivity contribution in [2.45, 2.75) is 13.0 Å². The average Bonchev–Trinajstić information content (AvgIpc) is 2.49. The molecule has 108 valence electrons. The van der Waals surface area contributed by atoms with Gasteiger partial charge in [-0.3, -0.25) is 0 Å². The van der Waals surface area contributed by atoms with Crippen molar-refractivity contribution in [2.24, 2.45) is 0 Å². The summed E-state index contributed by atoms with van der Waals surface area (Å²) in [6.07, 6.45) is 0.368. The third-order valence-electron chi connectivity index (χ3n) is 2.74. The molecule has 21 heavy (non-hydrogen) atoms. The molecule has 0 aliphatic heterocycles. The second-order valence-electron chi connectivity index (χ2n) is 4.30. The second-order valence-corrected chi connectivity index (χ2v) is 4.30. The van der Waals surface area contributed by atoms with Crippen LogP contribution < -0.4 is 4.74 Å². The summed E-state index contributed by atoms with van der Waals surface area (Å²) in [5.74, 6) is 5.14. The number of hydrogen-bond acceptors (Lipinski definition) is 2. The number of aliphatic hydroxyl groups excluding tert-OH is 1. The van der Waals surface area contributed by atoms with E-state index in [4.69, 9.17) is 9.84 Å². The first-order valence-electron chi connectivity index (χ1n) is 6.46. The lowest BCUT2D eigenvalue weighted by molar-refractivity contribution is 0.298. The summed E-state index contributed by atoms with van der Waals surface area (Å²) in [6.45, 7) is -0.0905. The lowest BCUT2D eigenvalue weighted by atomic mass is 10.2. The molecule has 0 saturated heterocycles. The Morgan fingerprint density at radius 2 is 1.90 bits per heavy atom. The van der Waals surface area contributed by atoms with Gasteiger partial charge in [0.05, 0.1) is 12.2 Å². The maximum Gasteiger partial charge on any atom is 0.135 e. The quantitative estimate of drug-likeness (QED) is 0.875. The Bertz CT molecular complexity index is 672. The van der Waals surface area contributed by atoms with Gasteiger partial charge >= 0.3 is 0 Å². The topological polar surface area (TPSA) is 29.5 Å². The van der Waals surface area contributed by atoms with E-state index in [0.29, 0.717) is 17.7 Å². The van der Waals surface area contributed by atoms with Crippen LogP contribution in [0.5, 0.6) is 5.75 Å². The Labute approximate surface area is 122 Å². The number of benzene rings is 2. The first-order valence-corrected chi connectivity index (χ1v) is 6.46. The van der Waals surface area contributed by atoms with E-state index in [-0.39, 0.29) is 18.8 Å². The average molecular weight is 288 g/mol. The second kappa shape index (κ2) is 7.41. The van der Waals surface area contributed by atoms with Crippen molar-refractivity contribution in [1.82, 2.24) is 0 Å². The molecule has 0 aliphatic rings. The van der Waals surface area contributed by atoms with Crippen molar-refractivity contribution in [3.8, 4) is 17.6 Å². The molecule has 0 fully saturated rings. The van der Waals surface area contributed by atoms with Crippen molar-refractivity contribution in [3.63, 3.8) is 0 Å². The van der Waals surface area contributed by atoms with Crippen molar-refractivity contribution < 1.29 is 18.6 Å². The van der Waals surface area contributed by atoms with Crippen LogP contribution >= 0.6 is 0 Å². The molecule has 0 unspecified atom stereocenters. The monoisotopic (exact) mass is 288 g/mol. The molecule has 0 heterocycles. The highest BCUT2D eigenvalue weighted by molar-refractivity contribution is 5.46. The highest BCUT2D eigenvalue weighted by atomic mass is 19.1. The summed E-state index contributed by atoms with van der Waals surface area (Å²) >= 11 is 0. The molecule has 0 aromatic heterocycles. The number of aliphatic hydroxyl groups is 1. The van der Waals surface area contributed by atoms with Gasteiger partial charge in [-0.15, -0.1) is 0 Å². The normalized spacial score (nSPS) is 9.86. The zero-order valence-corrected chi connectivity index (χ0v) is 11.3. The fourth-order valence-corrected chi connectivity index (χ4v) is 1.72. The summed E-state index contributed by atoms with van der Waals surface area (Å²) in [6, 6.07) is 10.3. The third kappa shape index (κ3) is 4.30. The molecular weight excluding hydrogens is 274 g/mol. The maximum absolute atomic E-state index is 13.5. The first kappa shape index (κ1) is 15.0. The van der Waals surface area contributed by atoms with Gasteiger partial charge in [-0.2, -0.15) is 0 Å². The Kier molecular flexibility index (Phi) is 5.30. The molecule has 0 radical (unpaired) electrons. The Hall–Kier alpha value is -2.38. The van der Waals surface area contributed by atoms with E-state index in [1.54, 1.807) is 24.3 Å². The van der Waals surface area contributed by atoms with Crippen LogP contribution in [-0.2, 0) is 6.61 Å². The molecule has 2 aromatic rings. The highest BCUT2D eigenvalue weighted by Crippen LogP contribution is 2.19. The molecular formula is C17H14F2O2. The van der Waals surface area contributed by atoms with Gasteiger partial charge in [-0.1, -0.05) is 24.0 Å². The van der Waals surface area contributed by atoms with Crippen LogP contribution in [0, 0.1) is 23.5 Å². The van der Waals surface area contributed by atoms with Crippen LogP contribution in [-0.4, -0.2) is 11.7 Å². The Balaban J connectivity index is 2.13. The minimum Gasteiger partial charge on any atom is -0.487 e. The molecule has 1 N–H and O–H groups in total. The van der Waals surface area contributed by atoms with Crippen molar-refractivity contribution >= 4 is 0 Å². The van der Waals surface area contributed by atoms with E-state index >= 15 is 0 Å². The van der Waals surface area contributed by atoms with E-state index in [1.165, 1.54) is 0 Å². The highest BCUT2D eigenvalue weighted by Gasteiger charge is 2.06. The summed E-state index contributed by atoms with van der Waals surface area (Å²) in [5, 5.41) is 8.71. The first-order chi connectivity index (χ1) is 10.2. The smallest absolute Gasteiger partial charge is 0.135 e. The van der Waals surface area contributed by atoms with Crippen LogP contribution in [0.15, 0.2) is 42.5 Å². The van der Waals surface area contributed by atoms with E-state index in [2.05, 4.69) is 11.8 Å².